The first-order chi connectivity index (χ1) is 8.99. The van der Waals surface area contributed by atoms with Gasteiger partial charge in [0, 0.05) is 30.5 Å². The molecule has 2 aromatic rings. The lowest BCUT2D eigenvalue weighted by molar-refractivity contribution is 0.488. The average Bonchev–Trinajstić information content (AvgIpc) is 2.90. The van der Waals surface area contributed by atoms with Crippen molar-refractivity contribution in [2.75, 3.05) is 0 Å². The van der Waals surface area contributed by atoms with E-state index in [0.29, 0.717) is 5.92 Å². The molecule has 19 heavy (non-hydrogen) atoms. The highest BCUT2D eigenvalue weighted by Gasteiger charge is 2.14. The predicted octanol–water partition coefficient (Wildman–Crippen LogP) is 2.02. The van der Waals surface area contributed by atoms with Crippen LogP contribution in [-0.2, 0) is 13.6 Å². The highest BCUT2D eigenvalue weighted by atomic mass is 15.3. The first-order valence-corrected chi connectivity index (χ1v) is 6.72. The third kappa shape index (κ3) is 3.04. The Morgan fingerprint density at radius 1 is 1.32 bits per heavy atom. The number of aromatic nitrogens is 4. The Bertz CT molecular complexity index is 538. The van der Waals surface area contributed by atoms with Crippen LogP contribution < -0.4 is 5.73 Å². The van der Waals surface area contributed by atoms with Crippen LogP contribution in [0.25, 0.3) is 0 Å². The highest BCUT2D eigenvalue weighted by Crippen LogP contribution is 2.19. The first kappa shape index (κ1) is 13.8. The van der Waals surface area contributed by atoms with Crippen LogP contribution in [0.5, 0.6) is 0 Å². The molecule has 0 aromatic carbocycles. The Morgan fingerprint density at radius 2 is 2.05 bits per heavy atom. The Morgan fingerprint density at radius 3 is 2.63 bits per heavy atom. The van der Waals surface area contributed by atoms with Crippen molar-refractivity contribution < 1.29 is 0 Å². The van der Waals surface area contributed by atoms with Crippen molar-refractivity contribution in [3.63, 3.8) is 0 Å². The van der Waals surface area contributed by atoms with E-state index in [1.165, 1.54) is 11.3 Å². The van der Waals surface area contributed by atoms with E-state index >= 15 is 0 Å². The molecule has 2 aromatic heterocycles. The van der Waals surface area contributed by atoms with Gasteiger partial charge in [0.1, 0.15) is 0 Å². The molecule has 1 atom stereocenters. The fourth-order valence-electron chi connectivity index (χ4n) is 2.28. The number of nitrogens with two attached hydrogens (primary N) is 1. The van der Waals surface area contributed by atoms with Gasteiger partial charge in [-0.05, 0) is 19.3 Å². The molecule has 0 spiro atoms. The third-order valence-electron chi connectivity index (χ3n) is 3.53. The van der Waals surface area contributed by atoms with Gasteiger partial charge in [0.15, 0.2) is 0 Å². The molecular formula is C14H23N5. The quantitative estimate of drug-likeness (QED) is 0.895. The van der Waals surface area contributed by atoms with Crippen molar-refractivity contribution in [2.24, 2.45) is 18.7 Å². The highest BCUT2D eigenvalue weighted by molar-refractivity contribution is 5.18. The largest absolute Gasteiger partial charge is 0.329 e. The summed E-state index contributed by atoms with van der Waals surface area (Å²) in [5.41, 5.74) is 9.74. The van der Waals surface area contributed by atoms with Crippen LogP contribution in [0.15, 0.2) is 18.7 Å². The molecule has 0 saturated heterocycles. The van der Waals surface area contributed by atoms with Crippen LogP contribution in [0.2, 0.25) is 0 Å². The van der Waals surface area contributed by atoms with Crippen molar-refractivity contribution in [1.29, 1.82) is 0 Å². The molecule has 2 N–H and O–H groups in total. The summed E-state index contributed by atoms with van der Waals surface area (Å²) in [6, 6.07) is 0.0412. The molecule has 5 heteroatoms. The topological polar surface area (TPSA) is 61.7 Å². The Balaban J connectivity index is 2.18. The minimum absolute atomic E-state index is 0.0412. The van der Waals surface area contributed by atoms with E-state index in [0.717, 1.165) is 18.7 Å². The molecule has 0 saturated carbocycles. The number of aryl methyl sites for hydroxylation is 1. The van der Waals surface area contributed by atoms with E-state index in [9.17, 15) is 0 Å². The van der Waals surface area contributed by atoms with Crippen molar-refractivity contribution >= 4 is 0 Å². The number of hydrogen-bond donors (Lipinski definition) is 1. The molecule has 2 heterocycles. The summed E-state index contributed by atoms with van der Waals surface area (Å²) in [7, 11) is 1.96. The summed E-state index contributed by atoms with van der Waals surface area (Å²) in [6.45, 7) is 7.23. The maximum Gasteiger partial charge on any atom is 0.0951 e. The molecule has 0 bridgehead atoms. The van der Waals surface area contributed by atoms with Gasteiger partial charge in [-0.2, -0.15) is 5.10 Å². The van der Waals surface area contributed by atoms with Crippen LogP contribution in [0.1, 0.15) is 43.3 Å². The normalized spacial score (nSPS) is 13.2. The van der Waals surface area contributed by atoms with Gasteiger partial charge in [0.2, 0.25) is 0 Å². The standard InChI is InChI=1S/C14H23N5/c1-10(2)5-13(15)14-7-16-9-19(14)8-12-6-17-18(4)11(12)3/h6-7,9-10,13H,5,8,15H2,1-4H3. The zero-order valence-electron chi connectivity index (χ0n) is 12.2. The minimum atomic E-state index is 0.0412. The molecule has 2 rings (SSSR count). The molecule has 0 radical (unpaired) electrons. The number of hydrogen-bond acceptors (Lipinski definition) is 3. The lowest BCUT2D eigenvalue weighted by atomic mass is 10.0. The van der Waals surface area contributed by atoms with Crippen LogP contribution in [0.3, 0.4) is 0 Å². The van der Waals surface area contributed by atoms with E-state index in [1.54, 1.807) is 0 Å². The molecule has 0 aliphatic rings. The third-order valence-corrected chi connectivity index (χ3v) is 3.53. The van der Waals surface area contributed by atoms with Gasteiger partial charge in [0.25, 0.3) is 0 Å². The summed E-state index contributed by atoms with van der Waals surface area (Å²) >= 11 is 0. The van der Waals surface area contributed by atoms with Gasteiger partial charge < -0.3 is 10.3 Å². The van der Waals surface area contributed by atoms with Gasteiger partial charge in [-0.1, -0.05) is 13.8 Å². The zero-order valence-corrected chi connectivity index (χ0v) is 12.2. The van der Waals surface area contributed by atoms with Gasteiger partial charge >= 0.3 is 0 Å². The second-order valence-corrected chi connectivity index (χ2v) is 5.56. The van der Waals surface area contributed by atoms with Gasteiger partial charge in [-0.15, -0.1) is 0 Å². The zero-order chi connectivity index (χ0) is 14.0. The fraction of sp³-hybridized carbons (Fsp3) is 0.571. The summed E-state index contributed by atoms with van der Waals surface area (Å²) in [5.74, 6) is 0.582. The number of nitrogens with zero attached hydrogens (tertiary/aromatic N) is 4. The second-order valence-electron chi connectivity index (χ2n) is 5.56. The molecular weight excluding hydrogens is 238 g/mol. The lowest BCUT2D eigenvalue weighted by Crippen LogP contribution is -2.17. The van der Waals surface area contributed by atoms with Crippen LogP contribution in [0, 0.1) is 12.8 Å². The smallest absolute Gasteiger partial charge is 0.0951 e. The molecule has 1 unspecified atom stereocenters. The van der Waals surface area contributed by atoms with Crippen molar-refractivity contribution in [2.45, 2.75) is 39.8 Å². The molecule has 104 valence electrons. The van der Waals surface area contributed by atoms with Crippen molar-refractivity contribution in [3.05, 3.63) is 35.7 Å². The number of rotatable bonds is 5. The molecule has 0 amide bonds. The Labute approximate surface area is 114 Å². The molecule has 0 aliphatic heterocycles. The van der Waals surface area contributed by atoms with E-state index in [4.69, 9.17) is 5.73 Å². The molecule has 5 nitrogen and oxygen atoms in total. The lowest BCUT2D eigenvalue weighted by Gasteiger charge is -2.16. The SMILES string of the molecule is Cc1c(Cn2cncc2C(N)CC(C)C)cnn1C. The molecule has 0 aliphatic carbocycles. The van der Waals surface area contributed by atoms with Crippen molar-refractivity contribution in [3.8, 4) is 0 Å². The van der Waals surface area contributed by atoms with Gasteiger partial charge in [-0.3, -0.25) is 4.68 Å². The predicted molar refractivity (Wildman–Crippen MR) is 75.7 cm³/mol. The average molecular weight is 261 g/mol. The monoisotopic (exact) mass is 261 g/mol. The van der Waals surface area contributed by atoms with Gasteiger partial charge in [0.05, 0.1) is 24.8 Å². The maximum atomic E-state index is 6.26. The fourth-order valence-corrected chi connectivity index (χ4v) is 2.28. The van der Waals surface area contributed by atoms with E-state index in [1.807, 2.05) is 30.5 Å². The Hall–Kier alpha value is -1.62. The maximum absolute atomic E-state index is 6.26. The van der Waals surface area contributed by atoms with Gasteiger partial charge in [-0.25, -0.2) is 4.98 Å². The second kappa shape index (κ2) is 5.57. The summed E-state index contributed by atoms with van der Waals surface area (Å²) in [5, 5.41) is 4.27. The first-order valence-electron chi connectivity index (χ1n) is 6.72. The Kier molecular flexibility index (Phi) is 4.04. The molecule has 0 fully saturated rings. The summed E-state index contributed by atoms with van der Waals surface area (Å²) < 4.78 is 4.01. The van der Waals surface area contributed by atoms with Crippen LogP contribution in [-0.4, -0.2) is 19.3 Å². The van der Waals surface area contributed by atoms with E-state index < -0.39 is 0 Å². The van der Waals surface area contributed by atoms with E-state index in [2.05, 4.69) is 35.4 Å². The number of imidazole rings is 1. The summed E-state index contributed by atoms with van der Waals surface area (Å²) in [4.78, 5) is 4.24. The van der Waals surface area contributed by atoms with Crippen molar-refractivity contribution in [1.82, 2.24) is 19.3 Å². The van der Waals surface area contributed by atoms with Crippen LogP contribution in [0.4, 0.5) is 0 Å². The minimum Gasteiger partial charge on any atom is -0.329 e. The van der Waals surface area contributed by atoms with E-state index in [-0.39, 0.29) is 6.04 Å². The van der Waals surface area contributed by atoms with Crippen LogP contribution >= 0.6 is 0 Å². The summed E-state index contributed by atoms with van der Waals surface area (Å²) in [6.07, 6.45) is 6.60.